The predicted molar refractivity (Wildman–Crippen MR) is 117 cm³/mol. The SMILES string of the molecule is CC.CC1=C(C)C(c2ccccc2)C2=C(CC(c3ccc(C)cc3)CC2=O)N1. The van der Waals surface area contributed by atoms with Gasteiger partial charge in [0.15, 0.2) is 5.78 Å². The van der Waals surface area contributed by atoms with Gasteiger partial charge in [-0.25, -0.2) is 0 Å². The van der Waals surface area contributed by atoms with Crippen molar-refractivity contribution in [1.29, 1.82) is 0 Å². The molecule has 4 rings (SSSR count). The van der Waals surface area contributed by atoms with E-state index in [1.165, 1.54) is 28.0 Å². The van der Waals surface area contributed by atoms with E-state index in [1.807, 2.05) is 19.9 Å². The minimum Gasteiger partial charge on any atom is -0.362 e. The first-order valence-electron chi connectivity index (χ1n) is 10.4. The van der Waals surface area contributed by atoms with Crippen molar-refractivity contribution in [2.75, 3.05) is 0 Å². The highest BCUT2D eigenvalue weighted by molar-refractivity contribution is 6.00. The smallest absolute Gasteiger partial charge is 0.162 e. The molecule has 28 heavy (non-hydrogen) atoms. The van der Waals surface area contributed by atoms with Crippen molar-refractivity contribution in [3.8, 4) is 0 Å². The molecule has 1 aliphatic carbocycles. The molecule has 2 atom stereocenters. The molecule has 0 spiro atoms. The summed E-state index contributed by atoms with van der Waals surface area (Å²) < 4.78 is 0. The Labute approximate surface area is 169 Å². The lowest BCUT2D eigenvalue weighted by molar-refractivity contribution is -0.116. The van der Waals surface area contributed by atoms with E-state index in [-0.39, 0.29) is 17.6 Å². The molecule has 2 nitrogen and oxygen atoms in total. The molecule has 2 unspecified atom stereocenters. The number of ketones is 1. The second kappa shape index (κ2) is 8.60. The Balaban J connectivity index is 0.00000109. The van der Waals surface area contributed by atoms with Crippen LogP contribution in [-0.4, -0.2) is 5.78 Å². The Bertz CT molecular complexity index is 903. The van der Waals surface area contributed by atoms with Crippen LogP contribution in [0.5, 0.6) is 0 Å². The van der Waals surface area contributed by atoms with Gasteiger partial charge >= 0.3 is 0 Å². The van der Waals surface area contributed by atoms with Crippen molar-refractivity contribution in [3.05, 3.63) is 93.8 Å². The first-order chi connectivity index (χ1) is 13.5. The van der Waals surface area contributed by atoms with Crippen molar-refractivity contribution in [2.45, 2.75) is 59.3 Å². The zero-order chi connectivity index (χ0) is 20.3. The summed E-state index contributed by atoms with van der Waals surface area (Å²) in [6, 6.07) is 19.0. The van der Waals surface area contributed by atoms with E-state index >= 15 is 0 Å². The van der Waals surface area contributed by atoms with E-state index in [0.29, 0.717) is 6.42 Å². The molecular formula is C26H31NO. The molecule has 0 fully saturated rings. The highest BCUT2D eigenvalue weighted by Gasteiger charge is 2.37. The fourth-order valence-corrected chi connectivity index (χ4v) is 4.28. The fourth-order valence-electron chi connectivity index (χ4n) is 4.28. The molecule has 0 bridgehead atoms. The van der Waals surface area contributed by atoms with E-state index in [4.69, 9.17) is 0 Å². The number of carbonyl (C=O) groups excluding carboxylic acids is 1. The second-order valence-electron chi connectivity index (χ2n) is 7.61. The molecule has 2 heteroatoms. The normalized spacial score (nSPS) is 21.5. The van der Waals surface area contributed by atoms with E-state index in [1.54, 1.807) is 0 Å². The van der Waals surface area contributed by atoms with Crippen molar-refractivity contribution in [2.24, 2.45) is 0 Å². The fraction of sp³-hybridized carbons (Fsp3) is 0.346. The number of hydrogen-bond donors (Lipinski definition) is 1. The summed E-state index contributed by atoms with van der Waals surface area (Å²) in [5, 5.41) is 3.55. The molecule has 1 N–H and O–H groups in total. The third-order valence-corrected chi connectivity index (χ3v) is 5.84. The highest BCUT2D eigenvalue weighted by Crippen LogP contribution is 2.45. The van der Waals surface area contributed by atoms with Gasteiger partial charge < -0.3 is 5.32 Å². The third kappa shape index (κ3) is 3.82. The van der Waals surface area contributed by atoms with Gasteiger partial charge in [-0.1, -0.05) is 74.0 Å². The summed E-state index contributed by atoms with van der Waals surface area (Å²) >= 11 is 0. The minimum absolute atomic E-state index is 0.0823. The van der Waals surface area contributed by atoms with Gasteiger partial charge in [-0.05, 0) is 49.8 Å². The van der Waals surface area contributed by atoms with Crippen LogP contribution in [-0.2, 0) is 4.79 Å². The van der Waals surface area contributed by atoms with Crippen LogP contribution in [0.3, 0.4) is 0 Å². The summed E-state index contributed by atoms with van der Waals surface area (Å²) in [5.41, 5.74) is 8.24. The van der Waals surface area contributed by atoms with E-state index in [2.05, 4.69) is 74.6 Å². The van der Waals surface area contributed by atoms with Crippen LogP contribution in [0.4, 0.5) is 0 Å². The number of aryl methyl sites for hydroxylation is 1. The van der Waals surface area contributed by atoms with E-state index in [9.17, 15) is 4.79 Å². The lowest BCUT2D eigenvalue weighted by Crippen LogP contribution is -2.33. The zero-order valence-corrected chi connectivity index (χ0v) is 17.7. The molecule has 1 heterocycles. The summed E-state index contributed by atoms with van der Waals surface area (Å²) in [4.78, 5) is 13.2. The highest BCUT2D eigenvalue weighted by atomic mass is 16.1. The molecule has 146 valence electrons. The summed E-state index contributed by atoms with van der Waals surface area (Å²) in [5.74, 6) is 0.626. The van der Waals surface area contributed by atoms with Gasteiger partial charge in [0.25, 0.3) is 0 Å². The van der Waals surface area contributed by atoms with Crippen molar-refractivity contribution < 1.29 is 4.79 Å². The van der Waals surface area contributed by atoms with Gasteiger partial charge in [0, 0.05) is 29.3 Å². The maximum Gasteiger partial charge on any atom is 0.162 e. The Hall–Kier alpha value is -2.61. The average Bonchev–Trinajstić information content (AvgIpc) is 2.72. The van der Waals surface area contributed by atoms with Crippen LogP contribution < -0.4 is 5.32 Å². The molecule has 2 aliphatic rings. The summed E-state index contributed by atoms with van der Waals surface area (Å²) in [6.45, 7) is 10.4. The molecule has 0 saturated carbocycles. The topological polar surface area (TPSA) is 29.1 Å². The average molecular weight is 374 g/mol. The number of Topliss-reactive ketones (excluding diaryl/α,β-unsaturated/α-hetero) is 1. The third-order valence-electron chi connectivity index (χ3n) is 5.84. The zero-order valence-electron chi connectivity index (χ0n) is 17.7. The van der Waals surface area contributed by atoms with Gasteiger partial charge in [-0.2, -0.15) is 0 Å². The van der Waals surface area contributed by atoms with E-state index in [0.717, 1.165) is 17.7 Å². The number of rotatable bonds is 2. The monoisotopic (exact) mass is 373 g/mol. The van der Waals surface area contributed by atoms with E-state index < -0.39 is 0 Å². The molecule has 0 amide bonds. The van der Waals surface area contributed by atoms with Crippen LogP contribution in [0.15, 0.2) is 77.1 Å². The first kappa shape index (κ1) is 20.1. The van der Waals surface area contributed by atoms with Gasteiger partial charge in [0.05, 0.1) is 0 Å². The quantitative estimate of drug-likeness (QED) is 0.659. The van der Waals surface area contributed by atoms with Gasteiger partial charge in [-0.3, -0.25) is 4.79 Å². The standard InChI is InChI=1S/C24H25NO.C2H6/c1-15-9-11-18(12-10-15)20-13-21-24(22(26)14-20)23(16(2)17(3)25-21)19-7-5-4-6-8-19;1-2/h4-12,20,23,25H,13-14H2,1-3H3;1-2H3. The van der Waals surface area contributed by atoms with Crippen LogP contribution in [0.2, 0.25) is 0 Å². The molecular weight excluding hydrogens is 342 g/mol. The Morgan fingerprint density at radius 1 is 0.821 bits per heavy atom. The minimum atomic E-state index is 0.0823. The van der Waals surface area contributed by atoms with Crippen molar-refractivity contribution in [3.63, 3.8) is 0 Å². The van der Waals surface area contributed by atoms with Crippen molar-refractivity contribution in [1.82, 2.24) is 5.32 Å². The molecule has 1 aliphatic heterocycles. The van der Waals surface area contributed by atoms with Crippen LogP contribution >= 0.6 is 0 Å². The maximum absolute atomic E-state index is 13.2. The molecule has 0 radical (unpaired) electrons. The maximum atomic E-state index is 13.2. The predicted octanol–water partition coefficient (Wildman–Crippen LogP) is 6.40. The largest absolute Gasteiger partial charge is 0.362 e. The second-order valence-corrected chi connectivity index (χ2v) is 7.61. The molecule has 2 aromatic rings. The summed E-state index contributed by atoms with van der Waals surface area (Å²) in [6.07, 6.45) is 1.50. The summed E-state index contributed by atoms with van der Waals surface area (Å²) in [7, 11) is 0. The number of benzene rings is 2. The number of hydrogen-bond acceptors (Lipinski definition) is 2. The Morgan fingerprint density at radius 3 is 2.11 bits per heavy atom. The molecule has 0 saturated heterocycles. The van der Waals surface area contributed by atoms with Crippen molar-refractivity contribution >= 4 is 5.78 Å². The van der Waals surface area contributed by atoms with Gasteiger partial charge in [0.2, 0.25) is 0 Å². The lowest BCUT2D eigenvalue weighted by Gasteiger charge is -2.36. The number of allylic oxidation sites excluding steroid dienone is 4. The van der Waals surface area contributed by atoms with Gasteiger partial charge in [-0.15, -0.1) is 0 Å². The van der Waals surface area contributed by atoms with Crippen LogP contribution in [0.1, 0.15) is 69.1 Å². The number of nitrogens with one attached hydrogen (secondary N) is 1. The van der Waals surface area contributed by atoms with Crippen LogP contribution in [0, 0.1) is 6.92 Å². The van der Waals surface area contributed by atoms with Crippen LogP contribution in [0.25, 0.3) is 0 Å². The lowest BCUT2D eigenvalue weighted by atomic mass is 9.72. The Kier molecular flexibility index (Phi) is 6.18. The first-order valence-corrected chi connectivity index (χ1v) is 10.4. The molecule has 0 aromatic heterocycles. The number of carbonyl (C=O) groups is 1. The number of dihydropyridines is 1. The Morgan fingerprint density at radius 2 is 1.46 bits per heavy atom. The van der Waals surface area contributed by atoms with Gasteiger partial charge in [0.1, 0.15) is 0 Å². The molecule has 2 aromatic carbocycles.